The van der Waals surface area contributed by atoms with E-state index in [-0.39, 0.29) is 0 Å². The molecule has 2 nitrogen and oxygen atoms in total. The van der Waals surface area contributed by atoms with Crippen molar-refractivity contribution in [2.24, 2.45) is 17.8 Å². The maximum Gasteiger partial charge on any atom is 0.137 e. The summed E-state index contributed by atoms with van der Waals surface area (Å²) in [6.07, 6.45) is 11.4. The predicted molar refractivity (Wildman–Crippen MR) is 73.5 cm³/mol. The topological polar surface area (TPSA) is 20.3 Å². The monoisotopic (exact) mass is 249 g/mol. The smallest absolute Gasteiger partial charge is 0.137 e. The molecule has 0 heterocycles. The van der Waals surface area contributed by atoms with Crippen LogP contribution >= 0.6 is 0 Å². The standard InChI is InChI=1S/C16H27NO/c18-16-5-3-1-2-4-15(16)12-17(10-13-6-7-13)11-14-8-9-14/h13-15H,1-12H2. The summed E-state index contributed by atoms with van der Waals surface area (Å²) in [4.78, 5) is 14.8. The Labute approximate surface area is 111 Å². The third kappa shape index (κ3) is 3.81. The third-order valence-corrected chi connectivity index (χ3v) is 4.84. The highest BCUT2D eigenvalue weighted by atomic mass is 16.1. The van der Waals surface area contributed by atoms with Crippen LogP contribution in [0.15, 0.2) is 0 Å². The molecule has 3 aliphatic rings. The van der Waals surface area contributed by atoms with Crippen molar-refractivity contribution >= 4 is 5.78 Å². The van der Waals surface area contributed by atoms with E-state index < -0.39 is 0 Å². The van der Waals surface area contributed by atoms with Crippen molar-refractivity contribution in [1.29, 1.82) is 0 Å². The lowest BCUT2D eigenvalue weighted by atomic mass is 9.98. The number of Topliss-reactive ketones (excluding diaryl/α,β-unsaturated/α-hetero) is 1. The van der Waals surface area contributed by atoms with Crippen LogP contribution in [-0.4, -0.2) is 30.3 Å². The van der Waals surface area contributed by atoms with Crippen molar-refractivity contribution in [3.05, 3.63) is 0 Å². The summed E-state index contributed by atoms with van der Waals surface area (Å²) in [5.74, 6) is 2.85. The lowest BCUT2D eigenvalue weighted by molar-refractivity contribution is -0.123. The van der Waals surface area contributed by atoms with Gasteiger partial charge in [-0.1, -0.05) is 12.8 Å². The van der Waals surface area contributed by atoms with Gasteiger partial charge in [0.15, 0.2) is 0 Å². The van der Waals surface area contributed by atoms with Crippen LogP contribution in [0.2, 0.25) is 0 Å². The zero-order chi connectivity index (χ0) is 12.4. The van der Waals surface area contributed by atoms with Gasteiger partial charge < -0.3 is 4.90 Å². The Morgan fingerprint density at radius 2 is 1.50 bits per heavy atom. The fraction of sp³-hybridized carbons (Fsp3) is 0.938. The molecule has 2 heteroatoms. The molecule has 0 aromatic carbocycles. The van der Waals surface area contributed by atoms with Crippen molar-refractivity contribution in [2.45, 2.75) is 57.8 Å². The first-order chi connectivity index (χ1) is 8.81. The second-order valence-corrected chi connectivity index (χ2v) is 6.87. The molecule has 3 aliphatic carbocycles. The molecule has 0 aromatic heterocycles. The zero-order valence-electron chi connectivity index (χ0n) is 11.6. The predicted octanol–water partition coefficient (Wildman–Crippen LogP) is 3.26. The molecule has 0 bridgehead atoms. The SMILES string of the molecule is O=C1CCCCCC1CN(CC1CC1)CC1CC1. The summed E-state index contributed by atoms with van der Waals surface area (Å²) < 4.78 is 0. The van der Waals surface area contributed by atoms with Crippen molar-refractivity contribution in [2.75, 3.05) is 19.6 Å². The van der Waals surface area contributed by atoms with Crippen LogP contribution in [0.5, 0.6) is 0 Å². The first kappa shape index (κ1) is 12.7. The second-order valence-electron chi connectivity index (χ2n) is 6.87. The second kappa shape index (κ2) is 5.73. The van der Waals surface area contributed by atoms with Crippen LogP contribution in [0, 0.1) is 17.8 Å². The molecule has 3 saturated carbocycles. The van der Waals surface area contributed by atoms with Gasteiger partial charge in [0, 0.05) is 32.0 Å². The Balaban J connectivity index is 1.53. The molecule has 1 unspecified atom stereocenters. The minimum Gasteiger partial charge on any atom is -0.302 e. The molecule has 0 N–H and O–H groups in total. The Morgan fingerprint density at radius 1 is 0.833 bits per heavy atom. The molecule has 0 aliphatic heterocycles. The molecule has 102 valence electrons. The van der Waals surface area contributed by atoms with Crippen LogP contribution in [0.4, 0.5) is 0 Å². The average molecular weight is 249 g/mol. The molecule has 0 spiro atoms. The number of carbonyl (C=O) groups is 1. The highest BCUT2D eigenvalue weighted by Crippen LogP contribution is 2.34. The Morgan fingerprint density at radius 3 is 2.11 bits per heavy atom. The van der Waals surface area contributed by atoms with E-state index in [1.54, 1.807) is 0 Å². The molecular weight excluding hydrogens is 222 g/mol. The summed E-state index contributed by atoms with van der Waals surface area (Å²) in [6.45, 7) is 3.63. The first-order valence-corrected chi connectivity index (χ1v) is 8.06. The van der Waals surface area contributed by atoms with Gasteiger partial charge in [0.1, 0.15) is 5.78 Å². The molecule has 0 amide bonds. The maximum absolute atomic E-state index is 12.1. The van der Waals surface area contributed by atoms with Gasteiger partial charge in [-0.15, -0.1) is 0 Å². The maximum atomic E-state index is 12.1. The van der Waals surface area contributed by atoms with Gasteiger partial charge in [0.2, 0.25) is 0 Å². The molecule has 1 atom stereocenters. The number of carbonyl (C=O) groups excluding carboxylic acids is 1. The average Bonchev–Trinajstić information content (AvgIpc) is 3.17. The van der Waals surface area contributed by atoms with Crippen molar-refractivity contribution in [3.8, 4) is 0 Å². The molecule has 18 heavy (non-hydrogen) atoms. The van der Waals surface area contributed by atoms with Crippen LogP contribution in [0.1, 0.15) is 57.8 Å². The highest BCUT2D eigenvalue weighted by molar-refractivity contribution is 5.81. The van der Waals surface area contributed by atoms with Crippen LogP contribution in [0.3, 0.4) is 0 Å². The zero-order valence-corrected chi connectivity index (χ0v) is 11.6. The van der Waals surface area contributed by atoms with Gasteiger partial charge >= 0.3 is 0 Å². The largest absolute Gasteiger partial charge is 0.302 e. The fourth-order valence-corrected chi connectivity index (χ4v) is 3.29. The quantitative estimate of drug-likeness (QED) is 0.673. The van der Waals surface area contributed by atoms with Crippen molar-refractivity contribution in [3.63, 3.8) is 0 Å². The Bertz CT molecular complexity index is 279. The van der Waals surface area contributed by atoms with Gasteiger partial charge in [-0.3, -0.25) is 4.79 Å². The number of rotatable bonds is 6. The van der Waals surface area contributed by atoms with E-state index in [2.05, 4.69) is 4.90 Å². The van der Waals surface area contributed by atoms with Crippen LogP contribution < -0.4 is 0 Å². The minimum atomic E-state index is 0.366. The van der Waals surface area contributed by atoms with E-state index >= 15 is 0 Å². The van der Waals surface area contributed by atoms with E-state index in [4.69, 9.17) is 0 Å². The summed E-state index contributed by atoms with van der Waals surface area (Å²) in [5.41, 5.74) is 0. The van der Waals surface area contributed by atoms with Gasteiger partial charge in [0.05, 0.1) is 0 Å². The first-order valence-electron chi connectivity index (χ1n) is 8.06. The van der Waals surface area contributed by atoms with Gasteiger partial charge in [-0.2, -0.15) is 0 Å². The normalized spacial score (nSPS) is 29.6. The van der Waals surface area contributed by atoms with Crippen molar-refractivity contribution in [1.82, 2.24) is 4.90 Å². The highest BCUT2D eigenvalue weighted by Gasteiger charge is 2.31. The number of hydrogen-bond acceptors (Lipinski definition) is 2. The van der Waals surface area contributed by atoms with Crippen molar-refractivity contribution < 1.29 is 4.79 Å². The minimum absolute atomic E-state index is 0.366. The van der Waals surface area contributed by atoms with E-state index in [1.807, 2.05) is 0 Å². The van der Waals surface area contributed by atoms with E-state index in [0.29, 0.717) is 11.7 Å². The lowest BCUT2D eigenvalue weighted by Gasteiger charge is -2.26. The third-order valence-electron chi connectivity index (χ3n) is 4.84. The molecule has 0 saturated heterocycles. The van der Waals surface area contributed by atoms with Crippen LogP contribution in [0.25, 0.3) is 0 Å². The summed E-state index contributed by atoms with van der Waals surface area (Å²) in [6, 6.07) is 0. The number of ketones is 1. The van der Waals surface area contributed by atoms with E-state index in [1.165, 1.54) is 51.6 Å². The van der Waals surface area contributed by atoms with Gasteiger partial charge in [0.25, 0.3) is 0 Å². The fourth-order valence-electron chi connectivity index (χ4n) is 3.29. The molecule has 0 aromatic rings. The van der Waals surface area contributed by atoms with Gasteiger partial charge in [-0.25, -0.2) is 0 Å². The number of hydrogen-bond donors (Lipinski definition) is 0. The Kier molecular flexibility index (Phi) is 4.03. The Hall–Kier alpha value is -0.370. The summed E-state index contributed by atoms with van der Waals surface area (Å²) >= 11 is 0. The lowest BCUT2D eigenvalue weighted by Crippen LogP contribution is -2.35. The van der Waals surface area contributed by atoms with Crippen LogP contribution in [-0.2, 0) is 4.79 Å². The molecule has 0 radical (unpaired) electrons. The molecular formula is C16H27NO. The van der Waals surface area contributed by atoms with E-state index in [9.17, 15) is 4.79 Å². The summed E-state index contributed by atoms with van der Waals surface area (Å²) in [7, 11) is 0. The molecule has 3 fully saturated rings. The van der Waals surface area contributed by atoms with Gasteiger partial charge in [-0.05, 0) is 50.4 Å². The molecule has 3 rings (SSSR count). The number of nitrogens with zero attached hydrogens (tertiary/aromatic N) is 1. The summed E-state index contributed by atoms with van der Waals surface area (Å²) in [5, 5.41) is 0. The van der Waals surface area contributed by atoms with E-state index in [0.717, 1.165) is 37.6 Å².